The number of rotatable bonds is 6. The second-order valence-electron chi connectivity index (χ2n) is 3.91. The van der Waals surface area contributed by atoms with Gasteiger partial charge in [0, 0.05) is 12.5 Å². The number of carbonyl (C=O) groups is 1. The van der Waals surface area contributed by atoms with E-state index in [2.05, 4.69) is 4.74 Å². The molecule has 0 amide bonds. The summed E-state index contributed by atoms with van der Waals surface area (Å²) in [7, 11) is 1.27. The van der Waals surface area contributed by atoms with Crippen molar-refractivity contribution in [2.75, 3.05) is 7.11 Å². The second-order valence-corrected chi connectivity index (χ2v) is 3.91. The third-order valence-electron chi connectivity index (χ3n) is 2.09. The van der Waals surface area contributed by atoms with Gasteiger partial charge in [0.2, 0.25) is 0 Å². The summed E-state index contributed by atoms with van der Waals surface area (Å²) in [5, 5.41) is 28.1. The van der Waals surface area contributed by atoms with Crippen LogP contribution >= 0.6 is 0 Å². The van der Waals surface area contributed by atoms with E-state index in [9.17, 15) is 15.0 Å². The normalized spacial score (nSPS) is 17.9. The van der Waals surface area contributed by atoms with E-state index in [1.165, 1.54) is 32.3 Å². The van der Waals surface area contributed by atoms with E-state index in [1.807, 2.05) is 0 Å². The Labute approximate surface area is 101 Å². The summed E-state index contributed by atoms with van der Waals surface area (Å²) < 4.78 is 4.41. The summed E-state index contributed by atoms with van der Waals surface area (Å²) in [6.07, 6.45) is 1.41. The number of esters is 1. The number of aliphatic hydroxyl groups is 3. The van der Waals surface area contributed by atoms with Gasteiger partial charge in [-0.05, 0) is 13.8 Å². The maximum atomic E-state index is 10.8. The average molecular weight is 244 g/mol. The van der Waals surface area contributed by atoms with E-state index >= 15 is 0 Å². The van der Waals surface area contributed by atoms with E-state index in [1.54, 1.807) is 6.92 Å². The predicted octanol–water partition coefficient (Wildman–Crippen LogP) is 0.155. The van der Waals surface area contributed by atoms with Crippen LogP contribution in [0.25, 0.3) is 0 Å². The molecule has 5 nitrogen and oxygen atoms in total. The quantitative estimate of drug-likeness (QED) is 0.352. The van der Waals surface area contributed by atoms with Crippen LogP contribution in [0.3, 0.4) is 0 Å². The summed E-state index contributed by atoms with van der Waals surface area (Å²) in [5.74, 6) is -0.489. The molecule has 0 aliphatic heterocycles. The molecule has 0 aliphatic carbocycles. The minimum Gasteiger partial charge on any atom is -0.466 e. The van der Waals surface area contributed by atoms with Crippen molar-refractivity contribution in [2.45, 2.75) is 38.6 Å². The number of allylic oxidation sites excluding steroid dienone is 2. The van der Waals surface area contributed by atoms with Gasteiger partial charge < -0.3 is 20.1 Å². The first-order valence-corrected chi connectivity index (χ1v) is 5.35. The lowest BCUT2D eigenvalue weighted by Crippen LogP contribution is -2.27. The fraction of sp³-hybridized carbons (Fsp3) is 0.583. The lowest BCUT2D eigenvalue weighted by atomic mass is 10.1. The van der Waals surface area contributed by atoms with Crippen LogP contribution in [0.1, 0.15) is 20.3 Å². The predicted molar refractivity (Wildman–Crippen MR) is 63.2 cm³/mol. The highest BCUT2D eigenvalue weighted by Crippen LogP contribution is 2.07. The Morgan fingerprint density at radius 1 is 1.29 bits per heavy atom. The van der Waals surface area contributed by atoms with Gasteiger partial charge in [-0.15, -0.1) is 0 Å². The first kappa shape index (κ1) is 15.8. The molecule has 0 saturated heterocycles. The number of aliphatic hydroxyl groups excluding tert-OH is 3. The van der Waals surface area contributed by atoms with Crippen LogP contribution in [-0.4, -0.2) is 46.7 Å². The average Bonchev–Trinajstić information content (AvgIpc) is 2.24. The van der Waals surface area contributed by atoms with Crippen LogP contribution in [-0.2, 0) is 9.53 Å². The molecular formula is C12H20O5. The summed E-state index contributed by atoms with van der Waals surface area (Å²) in [6.45, 7) is 3.21. The Hall–Kier alpha value is -1.17. The summed E-state index contributed by atoms with van der Waals surface area (Å²) in [6, 6.07) is 0. The smallest absolute Gasteiger partial charge is 0.330 e. The van der Waals surface area contributed by atoms with Gasteiger partial charge in [-0.1, -0.05) is 17.7 Å². The number of carbonyl (C=O) groups excluding carboxylic acids is 1. The van der Waals surface area contributed by atoms with Gasteiger partial charge in [0.15, 0.2) is 0 Å². The van der Waals surface area contributed by atoms with E-state index in [4.69, 9.17) is 5.11 Å². The zero-order valence-electron chi connectivity index (χ0n) is 10.3. The first-order valence-electron chi connectivity index (χ1n) is 5.35. The number of ether oxygens (including phenoxy) is 1. The van der Waals surface area contributed by atoms with Crippen molar-refractivity contribution in [3.63, 3.8) is 0 Å². The largest absolute Gasteiger partial charge is 0.466 e. The fourth-order valence-corrected chi connectivity index (χ4v) is 1.19. The maximum absolute atomic E-state index is 10.8. The summed E-state index contributed by atoms with van der Waals surface area (Å²) in [5.41, 5.74) is 0.618. The molecule has 0 bridgehead atoms. The molecule has 0 aliphatic rings. The molecule has 0 aromatic heterocycles. The second kappa shape index (κ2) is 8.00. The molecule has 17 heavy (non-hydrogen) atoms. The van der Waals surface area contributed by atoms with Crippen LogP contribution in [0.15, 0.2) is 23.8 Å². The SMILES string of the molecule is COC(=O)/C=C/C(C)=C/[C@@H](O)[C@@H](O)C[C@H](C)O. The molecule has 0 heterocycles. The van der Waals surface area contributed by atoms with Gasteiger partial charge in [-0.25, -0.2) is 4.79 Å². The highest BCUT2D eigenvalue weighted by molar-refractivity contribution is 5.82. The Balaban J connectivity index is 4.36. The minimum atomic E-state index is -1.08. The Morgan fingerprint density at radius 3 is 2.35 bits per heavy atom. The molecular weight excluding hydrogens is 224 g/mol. The molecule has 0 aromatic carbocycles. The molecule has 0 rings (SSSR count). The zero-order valence-corrected chi connectivity index (χ0v) is 10.3. The molecule has 3 N–H and O–H groups in total. The van der Waals surface area contributed by atoms with Crippen molar-refractivity contribution in [3.8, 4) is 0 Å². The van der Waals surface area contributed by atoms with Crippen LogP contribution < -0.4 is 0 Å². The van der Waals surface area contributed by atoms with Gasteiger partial charge in [0.05, 0.1) is 25.4 Å². The van der Waals surface area contributed by atoms with Crippen molar-refractivity contribution in [1.29, 1.82) is 0 Å². The molecule has 0 saturated carbocycles. The number of hydrogen-bond donors (Lipinski definition) is 3. The van der Waals surface area contributed by atoms with Crippen molar-refractivity contribution in [2.24, 2.45) is 0 Å². The van der Waals surface area contributed by atoms with Crippen molar-refractivity contribution < 1.29 is 24.9 Å². The standard InChI is InChI=1S/C12H20O5/c1-8(4-5-12(16)17-3)6-10(14)11(15)7-9(2)13/h4-6,9-11,13-15H,7H2,1-3H3/b5-4+,8-6+/t9-,10+,11-/m0/s1. The highest BCUT2D eigenvalue weighted by atomic mass is 16.5. The number of methoxy groups -OCH3 is 1. The van der Waals surface area contributed by atoms with Crippen molar-refractivity contribution >= 4 is 5.97 Å². The lowest BCUT2D eigenvalue weighted by molar-refractivity contribution is -0.134. The third kappa shape index (κ3) is 7.68. The Kier molecular flexibility index (Phi) is 7.45. The van der Waals surface area contributed by atoms with Gasteiger partial charge in [0.25, 0.3) is 0 Å². The molecule has 0 spiro atoms. The summed E-state index contributed by atoms with van der Waals surface area (Å²) in [4.78, 5) is 10.8. The van der Waals surface area contributed by atoms with Crippen molar-refractivity contribution in [1.82, 2.24) is 0 Å². The molecule has 0 unspecified atom stereocenters. The van der Waals surface area contributed by atoms with Crippen LogP contribution in [0.5, 0.6) is 0 Å². The topological polar surface area (TPSA) is 87.0 Å². The fourth-order valence-electron chi connectivity index (χ4n) is 1.19. The monoisotopic (exact) mass is 244 g/mol. The third-order valence-corrected chi connectivity index (χ3v) is 2.09. The maximum Gasteiger partial charge on any atom is 0.330 e. The minimum absolute atomic E-state index is 0.0890. The van der Waals surface area contributed by atoms with Crippen LogP contribution in [0.4, 0.5) is 0 Å². The van der Waals surface area contributed by atoms with Crippen molar-refractivity contribution in [3.05, 3.63) is 23.8 Å². The van der Waals surface area contributed by atoms with E-state index in [0.717, 1.165) is 0 Å². The molecule has 0 radical (unpaired) electrons. The molecule has 5 heteroatoms. The molecule has 3 atom stereocenters. The first-order chi connectivity index (χ1) is 7.86. The highest BCUT2D eigenvalue weighted by Gasteiger charge is 2.15. The molecule has 0 fully saturated rings. The zero-order chi connectivity index (χ0) is 13.4. The molecule has 0 aromatic rings. The van der Waals surface area contributed by atoms with E-state index < -0.39 is 24.3 Å². The Bertz CT molecular complexity index is 293. The number of hydrogen-bond acceptors (Lipinski definition) is 5. The van der Waals surface area contributed by atoms with Crippen LogP contribution in [0, 0.1) is 0 Å². The van der Waals surface area contributed by atoms with E-state index in [-0.39, 0.29) is 6.42 Å². The molecule has 98 valence electrons. The van der Waals surface area contributed by atoms with E-state index in [0.29, 0.717) is 5.57 Å². The summed E-state index contributed by atoms with van der Waals surface area (Å²) >= 11 is 0. The van der Waals surface area contributed by atoms with Gasteiger partial charge >= 0.3 is 5.97 Å². The Morgan fingerprint density at radius 2 is 1.88 bits per heavy atom. The lowest BCUT2D eigenvalue weighted by Gasteiger charge is -2.16. The van der Waals surface area contributed by atoms with Gasteiger partial charge in [-0.2, -0.15) is 0 Å². The van der Waals surface area contributed by atoms with Gasteiger partial charge in [-0.3, -0.25) is 0 Å². The van der Waals surface area contributed by atoms with Crippen LogP contribution in [0.2, 0.25) is 0 Å². The van der Waals surface area contributed by atoms with Gasteiger partial charge in [0.1, 0.15) is 0 Å².